The Hall–Kier alpha value is -2.22. The van der Waals surface area contributed by atoms with Crippen molar-refractivity contribution >= 4 is 34.1 Å². The first-order chi connectivity index (χ1) is 8.04. The highest BCUT2D eigenvalue weighted by atomic mass is 32.1. The van der Waals surface area contributed by atoms with E-state index >= 15 is 0 Å². The minimum absolute atomic E-state index is 0.0108. The topological polar surface area (TPSA) is 104 Å². The first kappa shape index (κ1) is 11.3. The molecule has 2 heterocycles. The van der Waals surface area contributed by atoms with E-state index in [0.717, 1.165) is 17.4 Å². The molecule has 1 amide bonds. The maximum atomic E-state index is 11.8. The first-order valence-corrected chi connectivity index (χ1v) is 5.25. The molecule has 2 aromatic heterocycles. The molecule has 0 saturated carbocycles. The van der Waals surface area contributed by atoms with E-state index in [0.29, 0.717) is 4.83 Å². The van der Waals surface area contributed by atoms with Crippen molar-refractivity contribution in [2.75, 3.05) is 7.11 Å². The van der Waals surface area contributed by atoms with Crippen LogP contribution in [-0.4, -0.2) is 28.4 Å². The molecule has 0 aliphatic rings. The van der Waals surface area contributed by atoms with Gasteiger partial charge in [-0.05, 0) is 0 Å². The Morgan fingerprint density at radius 1 is 1.59 bits per heavy atom. The Morgan fingerprint density at radius 3 is 2.88 bits per heavy atom. The van der Waals surface area contributed by atoms with Crippen LogP contribution in [0.5, 0.6) is 0 Å². The van der Waals surface area contributed by atoms with Gasteiger partial charge in [-0.3, -0.25) is 14.0 Å². The molecule has 0 radical (unpaired) electrons. The van der Waals surface area contributed by atoms with Gasteiger partial charge in [-0.1, -0.05) is 0 Å². The lowest BCUT2D eigenvalue weighted by Crippen LogP contribution is -2.23. The van der Waals surface area contributed by atoms with Crippen molar-refractivity contribution in [1.82, 2.24) is 9.38 Å². The van der Waals surface area contributed by atoms with Gasteiger partial charge in [0.15, 0.2) is 5.69 Å². The van der Waals surface area contributed by atoms with Crippen LogP contribution in [0.25, 0.3) is 10.9 Å². The van der Waals surface area contributed by atoms with Crippen LogP contribution < -0.4 is 15.8 Å². The van der Waals surface area contributed by atoms with Crippen LogP contribution in [-0.2, 0) is 9.53 Å². The molecule has 17 heavy (non-hydrogen) atoms. The molecular formula is C9H7N3O4S. The van der Waals surface area contributed by atoms with E-state index in [9.17, 15) is 14.4 Å². The van der Waals surface area contributed by atoms with Crippen molar-refractivity contribution in [3.63, 3.8) is 0 Å². The first-order valence-electron chi connectivity index (χ1n) is 4.44. The number of methoxy groups -OCH3 is 1. The number of hydrogen-bond donors (Lipinski definition) is 1. The highest BCUT2D eigenvalue weighted by Gasteiger charge is 2.14. The van der Waals surface area contributed by atoms with Crippen molar-refractivity contribution in [2.24, 2.45) is 5.73 Å². The number of thiazole rings is 1. The third-order valence-electron chi connectivity index (χ3n) is 2.04. The van der Waals surface area contributed by atoms with Crippen LogP contribution in [0.3, 0.4) is 0 Å². The molecule has 0 bridgehead atoms. The third kappa shape index (κ3) is 1.78. The van der Waals surface area contributed by atoms with E-state index in [4.69, 9.17) is 5.73 Å². The average Bonchev–Trinajstić information content (AvgIpc) is 2.81. The number of nitrogens with two attached hydrogens (primary N) is 1. The lowest BCUT2D eigenvalue weighted by atomic mass is 10.5. The number of carbonyl (C=O) groups excluding carboxylic acids is 2. The van der Waals surface area contributed by atoms with Crippen LogP contribution >= 0.6 is 11.3 Å². The van der Waals surface area contributed by atoms with Crippen LogP contribution in [0.1, 0.15) is 10.5 Å². The monoisotopic (exact) mass is 253 g/mol. The van der Waals surface area contributed by atoms with E-state index < -0.39 is 17.4 Å². The van der Waals surface area contributed by atoms with Gasteiger partial charge < -0.3 is 10.5 Å². The molecule has 0 saturated heterocycles. The van der Waals surface area contributed by atoms with Gasteiger partial charge in [0.1, 0.15) is 15.7 Å². The summed E-state index contributed by atoms with van der Waals surface area (Å²) in [6, 6.07) is 0. The van der Waals surface area contributed by atoms with Gasteiger partial charge in [0.05, 0.1) is 7.11 Å². The Balaban J connectivity index is 2.74. The maximum absolute atomic E-state index is 11.8. The predicted octanol–water partition coefficient (Wildman–Crippen LogP) is -1.47. The minimum Gasteiger partial charge on any atom is -0.466 e. The molecule has 2 rings (SSSR count). The van der Waals surface area contributed by atoms with E-state index in [2.05, 4.69) is 9.72 Å². The molecule has 88 valence electrons. The molecule has 0 aliphatic heterocycles. The normalized spacial score (nSPS) is 11.9. The predicted molar refractivity (Wildman–Crippen MR) is 59.6 cm³/mol. The van der Waals surface area contributed by atoms with Crippen molar-refractivity contribution in [3.8, 4) is 0 Å². The number of imidazole rings is 1. The summed E-state index contributed by atoms with van der Waals surface area (Å²) in [5.41, 5.74) is 4.68. The second kappa shape index (κ2) is 3.98. The summed E-state index contributed by atoms with van der Waals surface area (Å²) in [6.45, 7) is 0. The summed E-state index contributed by atoms with van der Waals surface area (Å²) in [5.74, 6) is -1.36. The van der Waals surface area contributed by atoms with Crippen LogP contribution in [0.4, 0.5) is 0 Å². The highest BCUT2D eigenvalue weighted by Crippen LogP contribution is 2.09. The summed E-state index contributed by atoms with van der Waals surface area (Å²) >= 11 is 0.960. The minimum atomic E-state index is -0.724. The van der Waals surface area contributed by atoms with Gasteiger partial charge in [0, 0.05) is 6.08 Å². The molecule has 8 heteroatoms. The largest absolute Gasteiger partial charge is 0.466 e. The van der Waals surface area contributed by atoms with Crippen molar-refractivity contribution in [3.05, 3.63) is 26.9 Å². The molecule has 0 atom stereocenters. The van der Waals surface area contributed by atoms with E-state index in [1.54, 1.807) is 0 Å². The number of primary amides is 1. The van der Waals surface area contributed by atoms with Gasteiger partial charge in [0.2, 0.25) is 0 Å². The van der Waals surface area contributed by atoms with Crippen LogP contribution in [0.2, 0.25) is 0 Å². The van der Waals surface area contributed by atoms with E-state index in [1.165, 1.54) is 17.8 Å². The van der Waals surface area contributed by atoms with Crippen molar-refractivity contribution in [2.45, 2.75) is 0 Å². The highest BCUT2D eigenvalue weighted by molar-refractivity contribution is 7.15. The zero-order chi connectivity index (χ0) is 12.6. The van der Waals surface area contributed by atoms with E-state index in [1.807, 2.05) is 0 Å². The number of amides is 1. The number of rotatable bonds is 2. The van der Waals surface area contributed by atoms with Gasteiger partial charge in [-0.2, -0.15) is 0 Å². The lowest BCUT2D eigenvalue weighted by molar-refractivity contribution is -0.133. The average molecular weight is 253 g/mol. The fourth-order valence-corrected chi connectivity index (χ4v) is 2.30. The number of fused-ring (bicyclic) bond motifs is 1. The molecular weight excluding hydrogens is 246 g/mol. The molecule has 7 nitrogen and oxygen atoms in total. The molecule has 2 aromatic rings. The van der Waals surface area contributed by atoms with Gasteiger partial charge in [0.25, 0.3) is 11.5 Å². The Labute approximate surface area is 98.1 Å². The molecule has 0 spiro atoms. The van der Waals surface area contributed by atoms with E-state index in [-0.39, 0.29) is 10.2 Å². The van der Waals surface area contributed by atoms with Crippen LogP contribution in [0.15, 0.2) is 11.1 Å². The van der Waals surface area contributed by atoms with Crippen molar-refractivity contribution < 1.29 is 14.3 Å². The molecule has 0 fully saturated rings. The Bertz CT molecular complexity index is 714. The summed E-state index contributed by atoms with van der Waals surface area (Å²) in [4.78, 5) is 37.8. The molecule has 2 N–H and O–H groups in total. The second-order valence-corrected chi connectivity index (χ2v) is 4.10. The Kier molecular flexibility index (Phi) is 2.64. The quantitative estimate of drug-likeness (QED) is 0.658. The number of hydrogen-bond acceptors (Lipinski definition) is 6. The van der Waals surface area contributed by atoms with Gasteiger partial charge in [-0.15, -0.1) is 11.3 Å². The summed E-state index contributed by atoms with van der Waals surface area (Å²) in [7, 11) is 1.21. The standard InChI is InChI=1S/C9H7N3O4S/c1-16-5(13)2-4-8(15)12-3-11-6(7(10)14)9(12)17-4/h2-3H,1H3,(H2,10,14)/b4-2+. The summed E-state index contributed by atoms with van der Waals surface area (Å²) < 4.78 is 5.75. The third-order valence-corrected chi connectivity index (χ3v) is 3.14. The summed E-state index contributed by atoms with van der Waals surface area (Å²) in [5, 5.41) is 0. The lowest BCUT2D eigenvalue weighted by Gasteiger charge is -1.85. The van der Waals surface area contributed by atoms with Gasteiger partial charge >= 0.3 is 5.97 Å². The molecule has 0 aliphatic carbocycles. The molecule has 0 aromatic carbocycles. The fraction of sp³-hybridized carbons (Fsp3) is 0.111. The zero-order valence-corrected chi connectivity index (χ0v) is 9.48. The smallest absolute Gasteiger partial charge is 0.332 e. The van der Waals surface area contributed by atoms with Crippen LogP contribution in [0, 0.1) is 0 Å². The SMILES string of the molecule is COC(=O)/C=c1/sc2c(C(N)=O)ncn2c1=O. The zero-order valence-electron chi connectivity index (χ0n) is 8.67. The van der Waals surface area contributed by atoms with Gasteiger partial charge in [-0.25, -0.2) is 9.78 Å². The van der Waals surface area contributed by atoms with Crippen molar-refractivity contribution in [1.29, 1.82) is 0 Å². The molecule has 0 unspecified atom stereocenters. The fourth-order valence-electron chi connectivity index (χ4n) is 1.27. The Morgan fingerprint density at radius 2 is 2.29 bits per heavy atom. The maximum Gasteiger partial charge on any atom is 0.332 e. The number of ether oxygens (including phenoxy) is 1. The number of aromatic nitrogens is 2. The number of esters is 1. The second-order valence-electron chi connectivity index (χ2n) is 3.07. The number of carbonyl (C=O) groups is 2. The number of nitrogens with zero attached hydrogens (tertiary/aromatic N) is 2. The summed E-state index contributed by atoms with van der Waals surface area (Å²) in [6.07, 6.45) is 2.26.